The lowest BCUT2D eigenvalue weighted by Gasteiger charge is -2.19. The fraction of sp³-hybridized carbons (Fsp3) is 0.412. The minimum absolute atomic E-state index is 0.147. The van der Waals surface area contributed by atoms with E-state index in [2.05, 4.69) is 23.5 Å². The molecule has 0 spiro atoms. The summed E-state index contributed by atoms with van der Waals surface area (Å²) in [5.74, 6) is -0.234. The lowest BCUT2D eigenvalue weighted by Crippen LogP contribution is -2.35. The first-order valence-electron chi connectivity index (χ1n) is 7.16. The molecule has 0 aliphatic heterocycles. The van der Waals surface area contributed by atoms with Gasteiger partial charge in [-0.05, 0) is 37.2 Å². The summed E-state index contributed by atoms with van der Waals surface area (Å²) < 4.78 is 0. The molecule has 1 aliphatic rings. The van der Waals surface area contributed by atoms with E-state index in [-0.39, 0.29) is 5.91 Å². The quantitative estimate of drug-likeness (QED) is 0.835. The number of benzene rings is 1. The highest BCUT2D eigenvalue weighted by molar-refractivity contribution is 5.81. The van der Waals surface area contributed by atoms with Gasteiger partial charge in [0.25, 0.3) is 0 Å². The predicted molar refractivity (Wildman–Crippen MR) is 78.7 cm³/mol. The third-order valence-corrected chi connectivity index (χ3v) is 3.70. The van der Waals surface area contributed by atoms with E-state index in [4.69, 9.17) is 0 Å². The smallest absolute Gasteiger partial charge is 0.237 e. The van der Waals surface area contributed by atoms with Crippen molar-refractivity contribution in [1.29, 1.82) is 5.26 Å². The molecule has 2 unspecified atom stereocenters. The molecular weight excluding hydrogens is 248 g/mol. The minimum atomic E-state index is -0.600. The molecule has 0 radical (unpaired) electrons. The van der Waals surface area contributed by atoms with Crippen LogP contribution in [0.1, 0.15) is 24.8 Å². The van der Waals surface area contributed by atoms with Crippen molar-refractivity contribution in [2.75, 3.05) is 6.54 Å². The molecule has 20 heavy (non-hydrogen) atoms. The summed E-state index contributed by atoms with van der Waals surface area (Å²) in [5, 5.41) is 12.1. The zero-order valence-electron chi connectivity index (χ0n) is 11.6. The van der Waals surface area contributed by atoms with Gasteiger partial charge in [-0.3, -0.25) is 4.79 Å². The molecule has 3 heteroatoms. The zero-order valence-corrected chi connectivity index (χ0v) is 11.6. The largest absolute Gasteiger partial charge is 0.355 e. The third-order valence-electron chi connectivity index (χ3n) is 3.70. The van der Waals surface area contributed by atoms with Crippen molar-refractivity contribution in [2.45, 2.75) is 25.7 Å². The minimum Gasteiger partial charge on any atom is -0.355 e. The number of nitriles is 1. The van der Waals surface area contributed by atoms with E-state index in [1.165, 1.54) is 0 Å². The van der Waals surface area contributed by atoms with Crippen LogP contribution >= 0.6 is 0 Å². The molecule has 0 heterocycles. The molecule has 1 N–H and O–H groups in total. The third kappa shape index (κ3) is 4.24. The van der Waals surface area contributed by atoms with E-state index >= 15 is 0 Å². The maximum Gasteiger partial charge on any atom is 0.237 e. The second-order valence-electron chi connectivity index (χ2n) is 5.27. The topological polar surface area (TPSA) is 52.9 Å². The fourth-order valence-corrected chi connectivity index (χ4v) is 2.46. The molecule has 2 atom stereocenters. The number of nitrogens with one attached hydrogen (secondary N) is 1. The van der Waals surface area contributed by atoms with Gasteiger partial charge in [-0.2, -0.15) is 5.26 Å². The Balaban J connectivity index is 1.83. The van der Waals surface area contributed by atoms with Gasteiger partial charge in [0.1, 0.15) is 5.92 Å². The maximum absolute atomic E-state index is 12.1. The van der Waals surface area contributed by atoms with Crippen LogP contribution < -0.4 is 5.32 Å². The van der Waals surface area contributed by atoms with Gasteiger partial charge in [-0.15, -0.1) is 0 Å². The van der Waals surface area contributed by atoms with Gasteiger partial charge in [0.05, 0.1) is 6.07 Å². The molecule has 1 aromatic carbocycles. The van der Waals surface area contributed by atoms with Crippen LogP contribution in [0.2, 0.25) is 0 Å². The molecule has 0 saturated carbocycles. The van der Waals surface area contributed by atoms with Gasteiger partial charge in [-0.25, -0.2) is 0 Å². The van der Waals surface area contributed by atoms with E-state index in [0.717, 1.165) is 24.8 Å². The van der Waals surface area contributed by atoms with Crippen molar-refractivity contribution in [1.82, 2.24) is 5.32 Å². The first-order chi connectivity index (χ1) is 9.79. The first kappa shape index (κ1) is 14.3. The Morgan fingerprint density at radius 2 is 2.15 bits per heavy atom. The normalized spacial score (nSPS) is 19.1. The molecular formula is C17H20N2O. The number of rotatable bonds is 5. The lowest BCUT2D eigenvalue weighted by atomic mass is 9.94. The predicted octanol–water partition coefficient (Wildman–Crippen LogP) is 2.84. The Morgan fingerprint density at radius 1 is 1.35 bits per heavy atom. The summed E-state index contributed by atoms with van der Waals surface area (Å²) in [6.07, 6.45) is 8.07. The van der Waals surface area contributed by atoms with Crippen LogP contribution in [0, 0.1) is 23.2 Å². The second-order valence-corrected chi connectivity index (χ2v) is 5.27. The van der Waals surface area contributed by atoms with Crippen LogP contribution in [-0.2, 0) is 11.2 Å². The van der Waals surface area contributed by atoms with Gasteiger partial charge < -0.3 is 5.32 Å². The van der Waals surface area contributed by atoms with Gasteiger partial charge in [0.2, 0.25) is 5.91 Å². The molecule has 0 saturated heterocycles. The Hall–Kier alpha value is -2.08. The molecule has 0 bridgehead atoms. The molecule has 0 fully saturated rings. The monoisotopic (exact) mass is 268 g/mol. The average molecular weight is 268 g/mol. The van der Waals surface area contributed by atoms with E-state index in [1.807, 2.05) is 30.3 Å². The zero-order chi connectivity index (χ0) is 14.2. The molecule has 1 aromatic rings. The molecule has 3 nitrogen and oxygen atoms in total. The number of allylic oxidation sites excluding steroid dienone is 2. The highest BCUT2D eigenvalue weighted by Crippen LogP contribution is 2.17. The molecule has 1 amide bonds. The van der Waals surface area contributed by atoms with Crippen molar-refractivity contribution in [3.63, 3.8) is 0 Å². The molecule has 2 rings (SSSR count). The summed E-state index contributed by atoms with van der Waals surface area (Å²) in [6.45, 7) is 0.677. The number of hydrogen-bond acceptors (Lipinski definition) is 2. The van der Waals surface area contributed by atoms with Crippen molar-refractivity contribution >= 4 is 5.91 Å². The second kappa shape index (κ2) is 7.49. The summed E-state index contributed by atoms with van der Waals surface area (Å²) in [4.78, 5) is 12.1. The number of hydrogen-bond donors (Lipinski definition) is 1. The van der Waals surface area contributed by atoms with Crippen molar-refractivity contribution < 1.29 is 4.79 Å². The average Bonchev–Trinajstić information content (AvgIpc) is 2.52. The van der Waals surface area contributed by atoms with Gasteiger partial charge in [0.15, 0.2) is 0 Å². The number of carbonyl (C=O) groups excluding carboxylic acids is 1. The van der Waals surface area contributed by atoms with Crippen LogP contribution in [0.25, 0.3) is 0 Å². The molecule has 1 aliphatic carbocycles. The SMILES string of the molecule is N#CC(Cc1ccccc1)C(=O)NCC1CC=CCC1. The van der Waals surface area contributed by atoms with E-state index < -0.39 is 5.92 Å². The Kier molecular flexibility index (Phi) is 5.37. The van der Waals surface area contributed by atoms with Crippen LogP contribution in [0.4, 0.5) is 0 Å². The van der Waals surface area contributed by atoms with Gasteiger partial charge in [-0.1, -0.05) is 42.5 Å². The van der Waals surface area contributed by atoms with E-state index in [1.54, 1.807) is 0 Å². The number of nitrogens with zero attached hydrogens (tertiary/aromatic N) is 1. The molecule has 104 valence electrons. The highest BCUT2D eigenvalue weighted by atomic mass is 16.1. The fourth-order valence-electron chi connectivity index (χ4n) is 2.46. The Morgan fingerprint density at radius 3 is 2.80 bits per heavy atom. The standard InChI is InChI=1S/C17H20N2O/c18-12-16(11-14-7-3-1-4-8-14)17(20)19-13-15-9-5-2-6-10-15/h1-5,7-8,15-16H,6,9-11,13H2,(H,19,20). The Bertz CT molecular complexity index is 501. The summed E-state index contributed by atoms with van der Waals surface area (Å²) in [7, 11) is 0. The van der Waals surface area contributed by atoms with Crippen LogP contribution in [0.5, 0.6) is 0 Å². The number of amides is 1. The summed E-state index contributed by atoms with van der Waals surface area (Å²) in [5.41, 5.74) is 1.02. The van der Waals surface area contributed by atoms with Gasteiger partial charge in [0, 0.05) is 6.54 Å². The summed E-state index contributed by atoms with van der Waals surface area (Å²) in [6, 6.07) is 11.8. The van der Waals surface area contributed by atoms with Crippen molar-refractivity contribution in [2.24, 2.45) is 11.8 Å². The first-order valence-corrected chi connectivity index (χ1v) is 7.16. The van der Waals surface area contributed by atoms with Crippen LogP contribution in [0.3, 0.4) is 0 Å². The van der Waals surface area contributed by atoms with E-state index in [0.29, 0.717) is 18.9 Å². The molecule has 0 aromatic heterocycles. The number of carbonyl (C=O) groups is 1. The van der Waals surface area contributed by atoms with Crippen LogP contribution in [-0.4, -0.2) is 12.5 Å². The highest BCUT2D eigenvalue weighted by Gasteiger charge is 2.19. The van der Waals surface area contributed by atoms with E-state index in [9.17, 15) is 10.1 Å². The van der Waals surface area contributed by atoms with Crippen LogP contribution in [0.15, 0.2) is 42.5 Å². The Labute approximate surface area is 120 Å². The summed E-state index contributed by atoms with van der Waals surface area (Å²) >= 11 is 0. The maximum atomic E-state index is 12.1. The van der Waals surface area contributed by atoms with Gasteiger partial charge >= 0.3 is 0 Å². The van der Waals surface area contributed by atoms with Crippen molar-refractivity contribution in [3.05, 3.63) is 48.0 Å². The lowest BCUT2D eigenvalue weighted by molar-refractivity contribution is -0.123. The van der Waals surface area contributed by atoms with Crippen molar-refractivity contribution in [3.8, 4) is 6.07 Å².